The Morgan fingerprint density at radius 2 is 2.19 bits per heavy atom. The maximum absolute atomic E-state index is 13.6. The Balaban J connectivity index is 1.39. The third-order valence-electron chi connectivity index (χ3n) is 6.97. The molecule has 2 N–H and O–H groups in total. The molecule has 158 valence electrons. The van der Waals surface area contributed by atoms with E-state index in [1.54, 1.807) is 30.3 Å². The number of likely N-dealkylation sites (N-methyl/N-ethyl adjacent to an activating group) is 1. The lowest BCUT2D eigenvalue weighted by Crippen LogP contribution is -2.49. The van der Waals surface area contributed by atoms with Gasteiger partial charge in [0, 0.05) is 18.6 Å². The van der Waals surface area contributed by atoms with Crippen molar-refractivity contribution in [3.05, 3.63) is 65.2 Å². The highest BCUT2D eigenvalue weighted by Crippen LogP contribution is 2.63. The molecule has 2 fully saturated rings. The summed E-state index contributed by atoms with van der Waals surface area (Å²) in [6.07, 6.45) is 3.89. The van der Waals surface area contributed by atoms with Crippen molar-refractivity contribution < 1.29 is 9.18 Å². The van der Waals surface area contributed by atoms with Crippen molar-refractivity contribution in [1.82, 2.24) is 20.2 Å². The molecule has 2 aromatic carbocycles. The Kier molecular flexibility index (Phi) is 4.56. The molecule has 2 atom stereocenters. The lowest BCUT2D eigenvalue weighted by Gasteiger charge is -2.32. The van der Waals surface area contributed by atoms with E-state index in [0.717, 1.165) is 36.8 Å². The van der Waals surface area contributed by atoms with Crippen LogP contribution in [0, 0.1) is 17.1 Å². The zero-order chi connectivity index (χ0) is 21.6. The lowest BCUT2D eigenvalue weighted by atomic mass is 10.1. The van der Waals surface area contributed by atoms with Gasteiger partial charge >= 0.3 is 0 Å². The Morgan fingerprint density at radius 1 is 1.32 bits per heavy atom. The summed E-state index contributed by atoms with van der Waals surface area (Å²) in [6.45, 7) is 3.16. The molecule has 0 spiro atoms. The van der Waals surface area contributed by atoms with E-state index in [0.29, 0.717) is 30.0 Å². The summed E-state index contributed by atoms with van der Waals surface area (Å²) in [7, 11) is 0. The van der Waals surface area contributed by atoms with Gasteiger partial charge in [-0.2, -0.15) is 5.26 Å². The molecular formula is C24H24FN5O. The van der Waals surface area contributed by atoms with Gasteiger partial charge in [0.25, 0.3) is 5.91 Å². The van der Waals surface area contributed by atoms with Crippen LogP contribution in [-0.2, 0) is 6.54 Å². The largest absolute Gasteiger partial charge is 0.334 e. The number of halogens is 1. The topological polar surface area (TPSA) is 84.8 Å². The van der Waals surface area contributed by atoms with Crippen molar-refractivity contribution in [3.63, 3.8) is 0 Å². The molecule has 3 aromatic rings. The predicted octanol–water partition coefficient (Wildman–Crippen LogP) is 3.89. The van der Waals surface area contributed by atoms with Gasteiger partial charge in [-0.15, -0.1) is 0 Å². The number of amides is 1. The molecule has 31 heavy (non-hydrogen) atoms. The van der Waals surface area contributed by atoms with E-state index in [1.165, 1.54) is 6.07 Å². The minimum atomic E-state index is -0.236. The highest BCUT2D eigenvalue weighted by atomic mass is 19.1. The van der Waals surface area contributed by atoms with Crippen LogP contribution < -0.4 is 5.32 Å². The molecule has 1 amide bonds. The lowest BCUT2D eigenvalue weighted by molar-refractivity contribution is 0.0625. The molecule has 2 saturated carbocycles. The van der Waals surface area contributed by atoms with Gasteiger partial charge in [-0.3, -0.25) is 4.79 Å². The van der Waals surface area contributed by atoms with E-state index in [2.05, 4.69) is 21.4 Å². The summed E-state index contributed by atoms with van der Waals surface area (Å²) in [6, 6.07) is 13.9. The Bertz CT molecular complexity index is 1210. The van der Waals surface area contributed by atoms with E-state index < -0.39 is 0 Å². The van der Waals surface area contributed by atoms with E-state index >= 15 is 0 Å². The molecular weight excluding hydrogens is 393 g/mol. The van der Waals surface area contributed by atoms with E-state index in [9.17, 15) is 9.18 Å². The van der Waals surface area contributed by atoms with Crippen molar-refractivity contribution >= 4 is 16.9 Å². The third kappa shape index (κ3) is 3.10. The molecule has 0 saturated heterocycles. The first kappa shape index (κ1) is 19.7. The molecule has 6 nitrogen and oxygen atoms in total. The van der Waals surface area contributed by atoms with Crippen molar-refractivity contribution in [3.8, 4) is 6.07 Å². The van der Waals surface area contributed by atoms with Crippen LogP contribution in [0.15, 0.2) is 42.5 Å². The fourth-order valence-electron chi connectivity index (χ4n) is 5.45. The molecule has 2 aliphatic rings. The summed E-state index contributed by atoms with van der Waals surface area (Å²) >= 11 is 0. The van der Waals surface area contributed by atoms with Gasteiger partial charge in [0.15, 0.2) is 5.82 Å². The number of hydrogen-bond donors (Lipinski definition) is 2. The minimum absolute atomic E-state index is 0.117. The van der Waals surface area contributed by atoms with E-state index in [4.69, 9.17) is 5.26 Å². The molecule has 0 aliphatic heterocycles. The quantitative estimate of drug-likeness (QED) is 0.637. The number of rotatable bonds is 6. The number of hydrogen-bond acceptors (Lipinski definition) is 4. The first-order valence-electron chi connectivity index (χ1n) is 10.7. The first-order valence-corrected chi connectivity index (χ1v) is 10.7. The van der Waals surface area contributed by atoms with E-state index in [1.807, 2.05) is 17.9 Å². The average molecular weight is 417 g/mol. The number of carbonyl (C=O) groups is 1. The maximum atomic E-state index is 13.6. The van der Waals surface area contributed by atoms with Crippen LogP contribution in [0.4, 0.5) is 4.39 Å². The number of nitriles is 1. The highest BCUT2D eigenvalue weighted by molar-refractivity contribution is 5.95. The maximum Gasteiger partial charge on any atom is 0.290 e. The second-order valence-electron chi connectivity index (χ2n) is 8.61. The van der Waals surface area contributed by atoms with Crippen LogP contribution in [0.2, 0.25) is 0 Å². The van der Waals surface area contributed by atoms with Crippen molar-refractivity contribution in [1.29, 1.82) is 5.26 Å². The monoisotopic (exact) mass is 417 g/mol. The average Bonchev–Trinajstić information content (AvgIpc) is 3.07. The van der Waals surface area contributed by atoms with Crippen LogP contribution in [0.1, 0.15) is 54.4 Å². The summed E-state index contributed by atoms with van der Waals surface area (Å²) < 4.78 is 13.6. The van der Waals surface area contributed by atoms with Crippen LogP contribution >= 0.6 is 0 Å². The number of carbonyl (C=O) groups excluding carboxylic acids is 1. The first-order chi connectivity index (χ1) is 15.0. The minimum Gasteiger partial charge on any atom is -0.334 e. The zero-order valence-electron chi connectivity index (χ0n) is 17.4. The van der Waals surface area contributed by atoms with Crippen molar-refractivity contribution in [2.45, 2.75) is 50.2 Å². The van der Waals surface area contributed by atoms with Gasteiger partial charge in [-0.05, 0) is 68.5 Å². The van der Waals surface area contributed by atoms with Gasteiger partial charge in [0.1, 0.15) is 5.82 Å². The fourth-order valence-corrected chi connectivity index (χ4v) is 5.45. The number of imidazole rings is 1. The molecule has 0 radical (unpaired) electrons. The number of nitrogens with one attached hydrogen (secondary N) is 2. The normalized spacial score (nSPS) is 24.0. The van der Waals surface area contributed by atoms with Gasteiger partial charge < -0.3 is 15.2 Å². The molecule has 1 heterocycles. The molecule has 1 aromatic heterocycles. The second kappa shape index (κ2) is 7.17. The number of H-pyrrole nitrogens is 1. The predicted molar refractivity (Wildman–Crippen MR) is 115 cm³/mol. The van der Waals surface area contributed by atoms with Crippen LogP contribution in [0.5, 0.6) is 0 Å². The summed E-state index contributed by atoms with van der Waals surface area (Å²) in [5, 5.41) is 12.8. The molecule has 7 heteroatoms. The van der Waals surface area contributed by atoms with Crippen molar-refractivity contribution in [2.24, 2.45) is 0 Å². The van der Waals surface area contributed by atoms with Crippen LogP contribution in [-0.4, -0.2) is 38.4 Å². The number of aromatic nitrogens is 2. The van der Waals surface area contributed by atoms with Gasteiger partial charge in [-0.1, -0.05) is 12.1 Å². The Morgan fingerprint density at radius 3 is 2.97 bits per heavy atom. The summed E-state index contributed by atoms with van der Waals surface area (Å²) in [5.41, 5.74) is 2.42. The van der Waals surface area contributed by atoms with Gasteiger partial charge in [0.2, 0.25) is 0 Å². The number of nitrogens with zero attached hydrogens (tertiary/aromatic N) is 3. The van der Waals surface area contributed by atoms with Gasteiger partial charge in [0.05, 0.1) is 28.2 Å². The molecule has 0 unspecified atom stereocenters. The van der Waals surface area contributed by atoms with E-state index in [-0.39, 0.29) is 22.8 Å². The Labute approximate surface area is 180 Å². The van der Waals surface area contributed by atoms with Crippen molar-refractivity contribution in [2.75, 3.05) is 6.54 Å². The second-order valence-corrected chi connectivity index (χ2v) is 8.61. The highest BCUT2D eigenvalue weighted by Gasteiger charge is 2.73. The smallest absolute Gasteiger partial charge is 0.290 e. The number of fused-ring (bicyclic) bond motifs is 2. The third-order valence-corrected chi connectivity index (χ3v) is 6.97. The number of aromatic amines is 1. The zero-order valence-corrected chi connectivity index (χ0v) is 17.4. The SMILES string of the molecule is CCN(C(=O)c1nc2cc(C#N)ccc2[nH]1)[C@@]12CCC[C@]1(NCc1cccc(F)c1)C2. The standard InChI is InChI=1S/C24H24FN5O/c1-2-30(22(31)21-28-19-8-7-16(13-26)12-20(19)29-21)24-10-4-9-23(24,15-24)27-14-17-5-3-6-18(25)11-17/h3,5-8,11-12,27H,2,4,9-10,14-15H2,1H3,(H,28,29)/t23-,24+/m0/s1. The fraction of sp³-hybridized carbons (Fsp3) is 0.375. The summed E-state index contributed by atoms with van der Waals surface area (Å²) in [4.78, 5) is 23.0. The van der Waals surface area contributed by atoms with Gasteiger partial charge in [-0.25, -0.2) is 9.37 Å². The van der Waals surface area contributed by atoms with Crippen LogP contribution in [0.25, 0.3) is 11.0 Å². The van der Waals surface area contributed by atoms with Crippen LogP contribution in [0.3, 0.4) is 0 Å². The number of benzene rings is 2. The molecule has 0 bridgehead atoms. The Hall–Kier alpha value is -3.24. The molecule has 2 aliphatic carbocycles. The summed E-state index contributed by atoms with van der Waals surface area (Å²) in [5.74, 6) is -0.0484. The molecule has 5 rings (SSSR count).